The second kappa shape index (κ2) is 9.65. The van der Waals surface area contributed by atoms with Crippen LogP contribution in [0, 0.1) is 0 Å². The molecule has 1 amide bonds. The Kier molecular flexibility index (Phi) is 6.61. The number of aromatic nitrogens is 3. The maximum atomic E-state index is 12.7. The van der Waals surface area contributed by atoms with Gasteiger partial charge in [-0.2, -0.15) is 0 Å². The van der Waals surface area contributed by atoms with E-state index in [1.165, 1.54) is 24.6 Å². The summed E-state index contributed by atoms with van der Waals surface area (Å²) in [6.45, 7) is 7.07. The third-order valence-corrected chi connectivity index (χ3v) is 5.18. The number of ether oxygens (including phenoxy) is 1. The molecule has 0 aliphatic carbocycles. The van der Waals surface area contributed by atoms with Crippen molar-refractivity contribution in [1.29, 1.82) is 0 Å². The van der Waals surface area contributed by atoms with Crippen LogP contribution in [-0.2, 0) is 16.7 Å². The maximum absolute atomic E-state index is 12.7. The van der Waals surface area contributed by atoms with Crippen LogP contribution in [0.3, 0.4) is 0 Å². The van der Waals surface area contributed by atoms with Gasteiger partial charge < -0.3 is 24.0 Å². The van der Waals surface area contributed by atoms with Gasteiger partial charge in [-0.25, -0.2) is 14.6 Å². The molecule has 1 atom stereocenters. The number of nitrogens with one attached hydrogen (secondary N) is 1. The Morgan fingerprint density at radius 2 is 1.69 bits per heavy atom. The summed E-state index contributed by atoms with van der Waals surface area (Å²) in [5, 5.41) is 20.8. The van der Waals surface area contributed by atoms with Crippen molar-refractivity contribution in [3.05, 3.63) is 78.0 Å². The highest BCUT2D eigenvalue weighted by molar-refractivity contribution is 5.91. The van der Waals surface area contributed by atoms with E-state index in [9.17, 15) is 14.7 Å². The van der Waals surface area contributed by atoms with E-state index in [1.807, 2.05) is 30.3 Å². The number of carbonyl (C=O) groups is 2. The zero-order valence-corrected chi connectivity index (χ0v) is 20.3. The highest BCUT2D eigenvalue weighted by Crippen LogP contribution is 2.31. The number of benzene rings is 2. The van der Waals surface area contributed by atoms with Gasteiger partial charge in [0.05, 0.1) is 11.8 Å². The van der Waals surface area contributed by atoms with Crippen molar-refractivity contribution in [3.63, 3.8) is 0 Å². The van der Waals surface area contributed by atoms with E-state index in [0.29, 0.717) is 17.5 Å². The van der Waals surface area contributed by atoms with Crippen molar-refractivity contribution in [1.82, 2.24) is 20.5 Å². The summed E-state index contributed by atoms with van der Waals surface area (Å²) in [4.78, 5) is 28.5. The van der Waals surface area contributed by atoms with Crippen molar-refractivity contribution >= 4 is 12.1 Å². The molecule has 0 aliphatic rings. The Hall–Kier alpha value is -4.47. The predicted octanol–water partition coefficient (Wildman–Crippen LogP) is 5.07. The Balaban J connectivity index is 1.72. The number of alkyl carbamates (subject to hydrolysis) is 1. The number of oxazole rings is 1. The van der Waals surface area contributed by atoms with Crippen molar-refractivity contribution < 1.29 is 28.3 Å². The summed E-state index contributed by atoms with van der Waals surface area (Å²) in [5.74, 6) is -0.679. The molecule has 0 radical (unpaired) electrons. The van der Waals surface area contributed by atoms with Crippen LogP contribution in [0.4, 0.5) is 4.79 Å². The van der Waals surface area contributed by atoms with Crippen molar-refractivity contribution in [2.45, 2.75) is 45.3 Å². The van der Waals surface area contributed by atoms with Crippen molar-refractivity contribution in [2.75, 3.05) is 0 Å². The van der Waals surface area contributed by atoms with Crippen molar-refractivity contribution in [2.24, 2.45) is 0 Å². The molecular formula is C26H26N4O6. The van der Waals surface area contributed by atoms with Gasteiger partial charge in [0, 0.05) is 17.5 Å². The lowest BCUT2D eigenvalue weighted by Gasteiger charge is -2.29. The number of carboxylic acids is 1. The average molecular weight is 491 g/mol. The fourth-order valence-corrected chi connectivity index (χ4v) is 3.63. The average Bonchev–Trinajstić information content (AvgIpc) is 3.51. The molecule has 0 saturated heterocycles. The van der Waals surface area contributed by atoms with E-state index >= 15 is 0 Å². The van der Waals surface area contributed by atoms with Gasteiger partial charge in [0.1, 0.15) is 17.4 Å². The monoisotopic (exact) mass is 490 g/mol. The zero-order valence-electron chi connectivity index (χ0n) is 20.3. The molecule has 2 heterocycles. The Bertz CT molecular complexity index is 1360. The Morgan fingerprint density at radius 1 is 1.00 bits per heavy atom. The molecule has 0 fully saturated rings. The molecule has 4 rings (SSSR count). The van der Waals surface area contributed by atoms with Gasteiger partial charge >= 0.3 is 12.1 Å². The largest absolute Gasteiger partial charge is 0.478 e. The summed E-state index contributed by atoms with van der Waals surface area (Å²) < 4.78 is 16.8. The van der Waals surface area contributed by atoms with E-state index in [0.717, 1.165) is 5.56 Å². The molecular weight excluding hydrogens is 464 g/mol. The number of rotatable bonds is 7. The molecule has 2 N–H and O–H groups in total. The third kappa shape index (κ3) is 5.77. The third-order valence-electron chi connectivity index (χ3n) is 5.18. The first kappa shape index (κ1) is 24.6. The first-order valence-corrected chi connectivity index (χ1v) is 11.2. The highest BCUT2D eigenvalue weighted by atomic mass is 16.6. The van der Waals surface area contributed by atoms with Gasteiger partial charge in [0.25, 0.3) is 0 Å². The van der Waals surface area contributed by atoms with E-state index in [-0.39, 0.29) is 23.2 Å². The van der Waals surface area contributed by atoms with Crippen LogP contribution in [0.1, 0.15) is 49.5 Å². The highest BCUT2D eigenvalue weighted by Gasteiger charge is 2.36. The van der Waals surface area contributed by atoms with Gasteiger partial charge in [0.2, 0.25) is 17.7 Å². The molecule has 2 aromatic heterocycles. The lowest BCUT2D eigenvalue weighted by atomic mass is 9.92. The number of amides is 1. The molecule has 1 unspecified atom stereocenters. The summed E-state index contributed by atoms with van der Waals surface area (Å²) in [7, 11) is 0. The predicted molar refractivity (Wildman–Crippen MR) is 129 cm³/mol. The fraction of sp³-hybridized carbons (Fsp3) is 0.269. The standard InChI is InChI=1S/C26H26N4O6/c1-25(2,3)36-24(33)28-26(4,15-16-8-6-5-7-9-16)23-30-29-21(35-23)18-12-17(20-27-10-11-34-20)13-19(14-18)22(31)32/h5-14H,15H2,1-4H3,(H,28,33)(H,31,32). The normalized spacial score (nSPS) is 13.1. The van der Waals surface area contributed by atoms with E-state index in [4.69, 9.17) is 13.6 Å². The molecule has 0 bridgehead atoms. The SMILES string of the molecule is CC(C)(C)OC(=O)NC(C)(Cc1ccccc1)c1nnc(-c2cc(C(=O)O)cc(-c3ncco3)c2)o1. The maximum Gasteiger partial charge on any atom is 0.408 e. The van der Waals surface area contributed by atoms with Crippen molar-refractivity contribution in [3.8, 4) is 22.9 Å². The molecule has 0 saturated carbocycles. The van der Waals surface area contributed by atoms with Crippen LogP contribution in [-0.4, -0.2) is 38.0 Å². The molecule has 36 heavy (non-hydrogen) atoms. The number of hydrogen-bond donors (Lipinski definition) is 2. The van der Waals surface area contributed by atoms with Gasteiger partial charge in [-0.05, 0) is 51.5 Å². The molecule has 10 heteroatoms. The van der Waals surface area contributed by atoms with Crippen LogP contribution in [0.15, 0.2) is 69.8 Å². The summed E-state index contributed by atoms with van der Waals surface area (Å²) in [5.41, 5.74) is -0.0974. The molecule has 4 aromatic rings. The number of carbonyl (C=O) groups excluding carboxylic acids is 1. The summed E-state index contributed by atoms with van der Waals surface area (Å²) in [6, 6.07) is 14.0. The van der Waals surface area contributed by atoms with Gasteiger partial charge in [0.15, 0.2) is 0 Å². The van der Waals surface area contributed by atoms with Crippen LogP contribution in [0.5, 0.6) is 0 Å². The molecule has 0 spiro atoms. The van der Waals surface area contributed by atoms with E-state index in [1.54, 1.807) is 33.8 Å². The number of hydrogen-bond acceptors (Lipinski definition) is 8. The van der Waals surface area contributed by atoms with Gasteiger partial charge in [-0.15, -0.1) is 10.2 Å². The van der Waals surface area contributed by atoms with E-state index in [2.05, 4.69) is 20.5 Å². The second-order valence-electron chi connectivity index (χ2n) is 9.48. The molecule has 2 aromatic carbocycles. The van der Waals surface area contributed by atoms with Crippen LogP contribution in [0.25, 0.3) is 22.9 Å². The molecule has 10 nitrogen and oxygen atoms in total. The first-order valence-electron chi connectivity index (χ1n) is 11.2. The number of carboxylic acid groups (broad SMARTS) is 1. The van der Waals surface area contributed by atoms with Gasteiger partial charge in [-0.1, -0.05) is 30.3 Å². The van der Waals surface area contributed by atoms with Crippen LogP contribution >= 0.6 is 0 Å². The first-order chi connectivity index (χ1) is 17.0. The summed E-state index contributed by atoms with van der Waals surface area (Å²) in [6.07, 6.45) is 2.56. The zero-order chi connectivity index (χ0) is 25.9. The molecule has 0 aliphatic heterocycles. The lowest BCUT2D eigenvalue weighted by molar-refractivity contribution is 0.0443. The van der Waals surface area contributed by atoms with Crippen LogP contribution < -0.4 is 5.32 Å². The topological polar surface area (TPSA) is 141 Å². The minimum Gasteiger partial charge on any atom is -0.478 e. The molecule has 186 valence electrons. The van der Waals surface area contributed by atoms with E-state index < -0.39 is 23.2 Å². The minimum absolute atomic E-state index is 0.000577. The minimum atomic E-state index is -1.13. The quantitative estimate of drug-likeness (QED) is 0.363. The Labute approximate surface area is 207 Å². The fourth-order valence-electron chi connectivity index (χ4n) is 3.63. The second-order valence-corrected chi connectivity index (χ2v) is 9.48. The van der Waals surface area contributed by atoms with Crippen LogP contribution in [0.2, 0.25) is 0 Å². The Morgan fingerprint density at radius 3 is 2.31 bits per heavy atom. The summed E-state index contributed by atoms with van der Waals surface area (Å²) >= 11 is 0. The smallest absolute Gasteiger partial charge is 0.408 e. The lowest BCUT2D eigenvalue weighted by Crippen LogP contribution is -2.47. The number of aromatic carboxylic acids is 1. The van der Waals surface area contributed by atoms with Gasteiger partial charge in [-0.3, -0.25) is 0 Å². The number of nitrogens with zero attached hydrogens (tertiary/aromatic N) is 3.